The number of benzene rings is 5. The molecule has 0 aliphatic rings. The van der Waals surface area contributed by atoms with E-state index in [1.807, 2.05) is 12.2 Å². The maximum absolute atomic E-state index is 5.13. The number of rotatable bonds is 8. The average Bonchev–Trinajstić information content (AvgIpc) is 3.58. The number of para-hydroxylation sites is 3. The minimum Gasteiger partial charge on any atom is -0.278 e. The van der Waals surface area contributed by atoms with Crippen molar-refractivity contribution in [3.8, 4) is 5.69 Å². The summed E-state index contributed by atoms with van der Waals surface area (Å²) in [5, 5.41) is 4.15. The van der Waals surface area contributed by atoms with E-state index in [1.54, 1.807) is 0 Å². The maximum atomic E-state index is 5.13. The van der Waals surface area contributed by atoms with Gasteiger partial charge >= 0.3 is 0 Å². The van der Waals surface area contributed by atoms with Gasteiger partial charge in [0.15, 0.2) is 8.07 Å². The van der Waals surface area contributed by atoms with Crippen molar-refractivity contribution >= 4 is 51.5 Å². The quantitative estimate of drug-likeness (QED) is 0.110. The van der Waals surface area contributed by atoms with E-state index < -0.39 is 8.07 Å². The molecule has 0 aliphatic carbocycles. The van der Waals surface area contributed by atoms with Crippen molar-refractivity contribution in [3.63, 3.8) is 0 Å². The average molecular weight is 558 g/mol. The van der Waals surface area contributed by atoms with E-state index in [4.69, 9.17) is 4.98 Å². The molecule has 0 bridgehead atoms. The molecule has 202 valence electrons. The summed E-state index contributed by atoms with van der Waals surface area (Å²) in [5.41, 5.74) is 5.53. The van der Waals surface area contributed by atoms with Crippen LogP contribution in [-0.2, 0) is 0 Å². The molecule has 2 aromatic heterocycles. The normalized spacial score (nSPS) is 12.3. The summed E-state index contributed by atoms with van der Waals surface area (Å²) >= 11 is 0. The Morgan fingerprint density at radius 2 is 1.24 bits per heavy atom. The molecule has 3 nitrogen and oxygen atoms in total. The van der Waals surface area contributed by atoms with Crippen LogP contribution in [0.1, 0.15) is 0 Å². The van der Waals surface area contributed by atoms with Crippen molar-refractivity contribution in [1.29, 1.82) is 0 Å². The minimum atomic E-state index is -2.50. The highest BCUT2D eigenvalue weighted by atomic mass is 28.3. The van der Waals surface area contributed by atoms with Gasteiger partial charge in [-0.15, -0.1) is 0 Å². The standard InChI is InChI=1S/C38H31N3Si/c1-2-3-4-5-17-28-42(31-20-11-7-12-21-31,32-22-13-8-14-23-32)33-26-27-36-37(29-33)41-35-25-16-15-24-34(35)39-38(41)40(36)30-18-9-6-10-19-30/h2-27,29H,1,28H2/b4-3-,17-5-. The van der Waals surface area contributed by atoms with E-state index in [0.717, 1.165) is 34.1 Å². The van der Waals surface area contributed by atoms with E-state index in [2.05, 4.69) is 167 Å². The molecule has 0 spiro atoms. The molecule has 2 heterocycles. The predicted octanol–water partition coefficient (Wildman–Crippen LogP) is 7.20. The fourth-order valence-electron chi connectivity index (χ4n) is 6.26. The first-order valence-corrected chi connectivity index (χ1v) is 16.5. The van der Waals surface area contributed by atoms with Gasteiger partial charge < -0.3 is 0 Å². The first-order valence-electron chi connectivity index (χ1n) is 14.3. The molecule has 0 saturated heterocycles. The van der Waals surface area contributed by atoms with E-state index in [9.17, 15) is 0 Å². The summed E-state index contributed by atoms with van der Waals surface area (Å²) < 4.78 is 4.62. The molecular formula is C38H31N3Si. The summed E-state index contributed by atoms with van der Waals surface area (Å²) in [4.78, 5) is 5.13. The third-order valence-corrected chi connectivity index (χ3v) is 12.9. The Kier molecular flexibility index (Phi) is 6.74. The third kappa shape index (κ3) is 4.24. The van der Waals surface area contributed by atoms with Crippen LogP contribution in [0.3, 0.4) is 0 Å². The fourth-order valence-corrected chi connectivity index (χ4v) is 10.7. The Morgan fingerprint density at radius 3 is 1.93 bits per heavy atom. The molecule has 0 saturated carbocycles. The zero-order valence-electron chi connectivity index (χ0n) is 23.3. The Balaban J connectivity index is 1.56. The second-order valence-corrected chi connectivity index (χ2v) is 14.5. The van der Waals surface area contributed by atoms with Crippen LogP contribution in [0, 0.1) is 0 Å². The van der Waals surface area contributed by atoms with E-state index in [1.165, 1.54) is 21.1 Å². The topological polar surface area (TPSA) is 22.2 Å². The van der Waals surface area contributed by atoms with Gasteiger partial charge in [0.25, 0.3) is 0 Å². The van der Waals surface area contributed by atoms with Gasteiger partial charge in [-0.2, -0.15) is 0 Å². The lowest BCUT2D eigenvalue weighted by atomic mass is 10.2. The highest BCUT2D eigenvalue weighted by Crippen LogP contribution is 2.29. The van der Waals surface area contributed by atoms with Crippen LogP contribution in [0.2, 0.25) is 6.04 Å². The number of aromatic nitrogens is 3. The molecule has 7 rings (SSSR count). The van der Waals surface area contributed by atoms with Gasteiger partial charge in [-0.25, -0.2) is 4.98 Å². The summed E-state index contributed by atoms with van der Waals surface area (Å²) in [7, 11) is -2.50. The second-order valence-electron chi connectivity index (χ2n) is 10.5. The van der Waals surface area contributed by atoms with Crippen molar-refractivity contribution in [2.45, 2.75) is 6.04 Å². The van der Waals surface area contributed by atoms with Crippen LogP contribution in [0.4, 0.5) is 0 Å². The van der Waals surface area contributed by atoms with E-state index in [-0.39, 0.29) is 0 Å². The second kappa shape index (κ2) is 11.0. The number of hydrogen-bond donors (Lipinski definition) is 0. The van der Waals surface area contributed by atoms with Crippen molar-refractivity contribution in [1.82, 2.24) is 14.0 Å². The Labute approximate surface area is 247 Å². The molecule has 0 amide bonds. The van der Waals surface area contributed by atoms with Crippen molar-refractivity contribution in [3.05, 3.63) is 170 Å². The van der Waals surface area contributed by atoms with Crippen LogP contribution in [0.5, 0.6) is 0 Å². The maximum Gasteiger partial charge on any atom is 0.220 e. The summed E-state index contributed by atoms with van der Waals surface area (Å²) in [6.45, 7) is 3.82. The van der Waals surface area contributed by atoms with Gasteiger partial charge in [0.2, 0.25) is 5.78 Å². The van der Waals surface area contributed by atoms with Crippen LogP contribution in [0.15, 0.2) is 170 Å². The van der Waals surface area contributed by atoms with Gasteiger partial charge in [0, 0.05) is 5.69 Å². The van der Waals surface area contributed by atoms with Gasteiger partial charge in [-0.1, -0.05) is 134 Å². The molecule has 5 aromatic carbocycles. The monoisotopic (exact) mass is 557 g/mol. The number of fused-ring (bicyclic) bond motifs is 5. The third-order valence-electron chi connectivity index (χ3n) is 8.16. The predicted molar refractivity (Wildman–Crippen MR) is 180 cm³/mol. The van der Waals surface area contributed by atoms with Gasteiger partial charge in [0.1, 0.15) is 0 Å². The largest absolute Gasteiger partial charge is 0.278 e. The molecule has 42 heavy (non-hydrogen) atoms. The number of nitrogens with zero attached hydrogens (tertiary/aromatic N) is 3. The molecule has 7 aromatic rings. The zero-order valence-corrected chi connectivity index (χ0v) is 24.3. The number of hydrogen-bond acceptors (Lipinski definition) is 1. The molecule has 0 N–H and O–H groups in total. The van der Waals surface area contributed by atoms with Crippen LogP contribution >= 0.6 is 0 Å². The Morgan fingerprint density at radius 1 is 0.595 bits per heavy atom. The van der Waals surface area contributed by atoms with Crippen LogP contribution in [0.25, 0.3) is 33.5 Å². The number of imidazole rings is 2. The fraction of sp³-hybridized carbons (Fsp3) is 0.0263. The smallest absolute Gasteiger partial charge is 0.220 e. The van der Waals surface area contributed by atoms with Crippen molar-refractivity contribution < 1.29 is 0 Å². The lowest BCUT2D eigenvalue weighted by Gasteiger charge is -2.33. The summed E-state index contributed by atoms with van der Waals surface area (Å²) in [6, 6.07) is 49.2. The Bertz CT molecular complexity index is 2030. The molecule has 4 heteroatoms. The van der Waals surface area contributed by atoms with Crippen molar-refractivity contribution in [2.75, 3.05) is 0 Å². The van der Waals surface area contributed by atoms with E-state index >= 15 is 0 Å². The summed E-state index contributed by atoms with van der Waals surface area (Å²) in [5.74, 6) is 0.927. The molecule has 0 fully saturated rings. The molecule has 0 unspecified atom stereocenters. The zero-order chi connectivity index (χ0) is 28.4. The molecule has 0 atom stereocenters. The van der Waals surface area contributed by atoms with E-state index in [0.29, 0.717) is 0 Å². The summed E-state index contributed by atoms with van der Waals surface area (Å²) in [6.07, 6.45) is 10.3. The minimum absolute atomic E-state index is 0.927. The SMILES string of the molecule is C=C/C=C\C=C/C[Si](c1ccccc1)(c1ccccc1)c1ccc2c(c1)n1c3ccccc3nc1n2-c1ccccc1. The first-order chi connectivity index (χ1) is 20.8. The van der Waals surface area contributed by atoms with Gasteiger partial charge in [0.05, 0.1) is 22.1 Å². The van der Waals surface area contributed by atoms with Gasteiger partial charge in [-0.3, -0.25) is 8.97 Å². The molecule has 0 aliphatic heterocycles. The molecular weight excluding hydrogens is 527 g/mol. The number of allylic oxidation sites excluding steroid dienone is 5. The lowest BCUT2D eigenvalue weighted by Crippen LogP contribution is -2.66. The highest BCUT2D eigenvalue weighted by Gasteiger charge is 2.38. The molecule has 0 radical (unpaired) electrons. The lowest BCUT2D eigenvalue weighted by molar-refractivity contribution is 1.11. The van der Waals surface area contributed by atoms with Crippen LogP contribution < -0.4 is 15.6 Å². The first kappa shape index (κ1) is 25.8. The van der Waals surface area contributed by atoms with Gasteiger partial charge in [-0.05, 0) is 58.0 Å². The van der Waals surface area contributed by atoms with Crippen LogP contribution in [-0.4, -0.2) is 22.0 Å². The highest BCUT2D eigenvalue weighted by molar-refractivity contribution is 7.11. The van der Waals surface area contributed by atoms with Crippen molar-refractivity contribution in [2.24, 2.45) is 0 Å². The Hall–Kier alpha value is -5.19.